The zero-order valence-electron chi connectivity index (χ0n) is 13.8. The van der Waals surface area contributed by atoms with Crippen molar-refractivity contribution in [1.29, 1.82) is 0 Å². The molecule has 1 N–H and O–H groups in total. The smallest absolute Gasteiger partial charge is 0.228 e. The number of rotatable bonds is 4. The monoisotopic (exact) mass is 321 g/mol. The zero-order valence-corrected chi connectivity index (χ0v) is 13.8. The predicted octanol–water partition coefficient (Wildman–Crippen LogP) is 2.90. The van der Waals surface area contributed by atoms with E-state index in [1.54, 1.807) is 18.4 Å². The van der Waals surface area contributed by atoms with Gasteiger partial charge in [-0.15, -0.1) is 0 Å². The van der Waals surface area contributed by atoms with Gasteiger partial charge in [0.15, 0.2) is 0 Å². The molecule has 5 nitrogen and oxygen atoms in total. The third-order valence-electron chi connectivity index (χ3n) is 5.22. The quantitative estimate of drug-likeness (QED) is 0.926. The van der Waals surface area contributed by atoms with Gasteiger partial charge in [0.25, 0.3) is 0 Å². The van der Waals surface area contributed by atoms with Crippen molar-refractivity contribution < 1.29 is 19.1 Å². The number of aliphatic hydroxyl groups is 1. The molecular formula is C18H27NO4. The molecule has 0 aromatic carbocycles. The van der Waals surface area contributed by atoms with Crippen LogP contribution in [0.1, 0.15) is 57.3 Å². The number of ether oxygens (including phenoxy) is 1. The molecule has 2 aliphatic rings. The van der Waals surface area contributed by atoms with Gasteiger partial charge in [-0.2, -0.15) is 0 Å². The van der Waals surface area contributed by atoms with Crippen LogP contribution in [-0.4, -0.2) is 41.2 Å². The average molecular weight is 321 g/mol. The first-order valence-electron chi connectivity index (χ1n) is 8.80. The van der Waals surface area contributed by atoms with Gasteiger partial charge in [-0.05, 0) is 38.3 Å². The maximum atomic E-state index is 13.0. The molecule has 3 heterocycles. The van der Waals surface area contributed by atoms with Crippen LogP contribution in [0.3, 0.4) is 0 Å². The van der Waals surface area contributed by atoms with Crippen molar-refractivity contribution in [2.45, 2.75) is 63.7 Å². The minimum absolute atomic E-state index is 0.00130. The van der Waals surface area contributed by atoms with E-state index in [1.807, 2.05) is 11.8 Å². The first kappa shape index (κ1) is 16.5. The van der Waals surface area contributed by atoms with Gasteiger partial charge < -0.3 is 19.2 Å². The number of hydrogen-bond acceptors (Lipinski definition) is 4. The van der Waals surface area contributed by atoms with Crippen LogP contribution in [0, 0.1) is 5.92 Å². The van der Waals surface area contributed by atoms with E-state index in [2.05, 4.69) is 0 Å². The van der Waals surface area contributed by atoms with Crippen LogP contribution in [-0.2, 0) is 9.53 Å². The molecule has 4 unspecified atom stereocenters. The highest BCUT2D eigenvalue weighted by atomic mass is 16.5. The molecule has 0 bridgehead atoms. The SMILES string of the molecule is CC1OCCC1C(=O)N1CCCCCC1CC(O)c1ccco1. The van der Waals surface area contributed by atoms with Gasteiger partial charge in [0.05, 0.1) is 18.3 Å². The first-order valence-corrected chi connectivity index (χ1v) is 8.80. The fourth-order valence-electron chi connectivity index (χ4n) is 3.84. The van der Waals surface area contributed by atoms with Crippen molar-refractivity contribution in [2.24, 2.45) is 5.92 Å². The lowest BCUT2D eigenvalue weighted by Crippen LogP contribution is -2.45. The highest BCUT2D eigenvalue weighted by molar-refractivity contribution is 5.80. The number of carbonyl (C=O) groups is 1. The summed E-state index contributed by atoms with van der Waals surface area (Å²) in [5.74, 6) is 0.754. The van der Waals surface area contributed by atoms with E-state index in [0.717, 1.165) is 38.6 Å². The lowest BCUT2D eigenvalue weighted by Gasteiger charge is -2.33. The summed E-state index contributed by atoms with van der Waals surface area (Å²) in [6, 6.07) is 3.66. The van der Waals surface area contributed by atoms with Gasteiger partial charge in [0, 0.05) is 25.6 Å². The van der Waals surface area contributed by atoms with E-state index in [1.165, 1.54) is 0 Å². The van der Waals surface area contributed by atoms with Crippen molar-refractivity contribution in [1.82, 2.24) is 4.90 Å². The molecule has 5 heteroatoms. The maximum absolute atomic E-state index is 13.0. The molecular weight excluding hydrogens is 294 g/mol. The summed E-state index contributed by atoms with van der Waals surface area (Å²) in [5, 5.41) is 10.4. The Morgan fingerprint density at radius 1 is 1.39 bits per heavy atom. The summed E-state index contributed by atoms with van der Waals surface area (Å²) < 4.78 is 10.9. The molecule has 0 aliphatic carbocycles. The topological polar surface area (TPSA) is 62.9 Å². The van der Waals surface area contributed by atoms with E-state index in [-0.39, 0.29) is 24.0 Å². The number of nitrogens with zero attached hydrogens (tertiary/aromatic N) is 1. The third-order valence-corrected chi connectivity index (χ3v) is 5.22. The summed E-state index contributed by atoms with van der Waals surface area (Å²) in [4.78, 5) is 15.0. The second kappa shape index (κ2) is 7.49. The Bertz CT molecular complexity index is 501. The summed E-state index contributed by atoms with van der Waals surface area (Å²) in [7, 11) is 0. The highest BCUT2D eigenvalue weighted by Gasteiger charge is 2.37. The minimum atomic E-state index is -0.652. The Hall–Kier alpha value is -1.33. The summed E-state index contributed by atoms with van der Waals surface area (Å²) >= 11 is 0. The van der Waals surface area contributed by atoms with Gasteiger partial charge in [0.1, 0.15) is 11.9 Å². The molecule has 128 valence electrons. The molecule has 0 radical (unpaired) electrons. The van der Waals surface area contributed by atoms with Gasteiger partial charge >= 0.3 is 0 Å². The summed E-state index contributed by atoms with van der Waals surface area (Å²) in [5.41, 5.74) is 0. The molecule has 23 heavy (non-hydrogen) atoms. The molecule has 0 saturated carbocycles. The average Bonchev–Trinajstić information content (AvgIpc) is 3.16. The van der Waals surface area contributed by atoms with Gasteiger partial charge in [-0.1, -0.05) is 12.8 Å². The van der Waals surface area contributed by atoms with Crippen molar-refractivity contribution in [3.63, 3.8) is 0 Å². The van der Waals surface area contributed by atoms with Crippen LogP contribution in [0.15, 0.2) is 22.8 Å². The van der Waals surface area contributed by atoms with E-state index in [0.29, 0.717) is 18.8 Å². The number of hydrogen-bond donors (Lipinski definition) is 1. The van der Waals surface area contributed by atoms with Gasteiger partial charge in [-0.3, -0.25) is 4.79 Å². The Labute approximate surface area is 137 Å². The third kappa shape index (κ3) is 3.78. The van der Waals surface area contributed by atoms with Crippen molar-refractivity contribution in [2.75, 3.05) is 13.2 Å². The lowest BCUT2D eigenvalue weighted by molar-refractivity contribution is -0.140. The zero-order chi connectivity index (χ0) is 16.2. The highest BCUT2D eigenvalue weighted by Crippen LogP contribution is 2.30. The van der Waals surface area contributed by atoms with Crippen LogP contribution in [0.5, 0.6) is 0 Å². The molecule has 3 rings (SSSR count). The molecule has 4 atom stereocenters. The lowest BCUT2D eigenvalue weighted by atomic mass is 9.97. The normalized spacial score (nSPS) is 30.2. The largest absolute Gasteiger partial charge is 0.467 e. The standard InChI is InChI=1S/C18H27NO4/c1-13-15(8-11-22-13)18(21)19-9-4-2-3-6-14(19)12-16(20)17-7-5-10-23-17/h5,7,10,13-16,20H,2-4,6,8-9,11-12H2,1H3. The molecule has 0 spiro atoms. The van der Waals surface area contributed by atoms with Gasteiger partial charge in [-0.25, -0.2) is 0 Å². The second-order valence-corrected chi connectivity index (χ2v) is 6.77. The second-order valence-electron chi connectivity index (χ2n) is 6.77. The Balaban J connectivity index is 1.70. The Morgan fingerprint density at radius 3 is 2.96 bits per heavy atom. The number of aliphatic hydroxyl groups excluding tert-OH is 1. The molecule has 1 amide bonds. The summed E-state index contributed by atoms with van der Waals surface area (Å²) in [6.45, 7) is 3.45. The van der Waals surface area contributed by atoms with Crippen molar-refractivity contribution >= 4 is 5.91 Å². The molecule has 2 fully saturated rings. The van der Waals surface area contributed by atoms with Crippen molar-refractivity contribution in [3.8, 4) is 0 Å². The van der Waals surface area contributed by atoms with Crippen LogP contribution in [0.2, 0.25) is 0 Å². The first-order chi connectivity index (χ1) is 11.2. The van der Waals surface area contributed by atoms with Gasteiger partial charge in [0.2, 0.25) is 5.91 Å². The molecule has 1 aromatic rings. The van der Waals surface area contributed by atoms with Crippen LogP contribution < -0.4 is 0 Å². The van der Waals surface area contributed by atoms with E-state index < -0.39 is 6.10 Å². The summed E-state index contributed by atoms with van der Waals surface area (Å²) in [6.07, 6.45) is 6.52. The number of amides is 1. The van der Waals surface area contributed by atoms with Crippen molar-refractivity contribution in [3.05, 3.63) is 24.2 Å². The van der Waals surface area contributed by atoms with Crippen LogP contribution in [0.4, 0.5) is 0 Å². The number of carbonyl (C=O) groups excluding carboxylic acids is 1. The number of likely N-dealkylation sites (tertiary alicyclic amines) is 1. The van der Waals surface area contributed by atoms with E-state index >= 15 is 0 Å². The predicted molar refractivity (Wildman–Crippen MR) is 85.8 cm³/mol. The maximum Gasteiger partial charge on any atom is 0.228 e. The van der Waals surface area contributed by atoms with Crippen LogP contribution in [0.25, 0.3) is 0 Å². The fraction of sp³-hybridized carbons (Fsp3) is 0.722. The van der Waals surface area contributed by atoms with E-state index in [4.69, 9.17) is 9.15 Å². The Kier molecular flexibility index (Phi) is 5.38. The fourth-order valence-corrected chi connectivity index (χ4v) is 3.84. The number of furan rings is 1. The Morgan fingerprint density at radius 2 is 2.26 bits per heavy atom. The van der Waals surface area contributed by atoms with Crippen LogP contribution >= 0.6 is 0 Å². The molecule has 2 aliphatic heterocycles. The minimum Gasteiger partial charge on any atom is -0.467 e. The molecule has 1 aromatic heterocycles. The molecule has 2 saturated heterocycles. The van der Waals surface area contributed by atoms with E-state index in [9.17, 15) is 9.90 Å².